The van der Waals surface area contributed by atoms with E-state index in [1.54, 1.807) is 0 Å². The van der Waals surface area contributed by atoms with Gasteiger partial charge in [0.05, 0.1) is 16.6 Å². The standard InChI is InChI=1S/C12H17N5S/c1-3-4-10-12(18-17-16-10)11(15-13)9-6-5-8(2)14-7-9/h5-7,11,15H,3-4,13H2,1-2H3. The number of hydrogen-bond acceptors (Lipinski definition) is 6. The second-order valence-corrected chi connectivity index (χ2v) is 4.95. The molecular formula is C12H17N5S. The van der Waals surface area contributed by atoms with Gasteiger partial charge in [0.15, 0.2) is 0 Å². The summed E-state index contributed by atoms with van der Waals surface area (Å²) < 4.78 is 4.03. The zero-order valence-electron chi connectivity index (χ0n) is 10.6. The first-order valence-electron chi connectivity index (χ1n) is 5.96. The van der Waals surface area contributed by atoms with Gasteiger partial charge in [0, 0.05) is 11.9 Å². The lowest BCUT2D eigenvalue weighted by atomic mass is 10.1. The molecule has 6 heteroatoms. The summed E-state index contributed by atoms with van der Waals surface area (Å²) in [4.78, 5) is 5.38. The molecule has 0 bridgehead atoms. The molecule has 2 aromatic heterocycles. The summed E-state index contributed by atoms with van der Waals surface area (Å²) in [6, 6.07) is 3.93. The minimum atomic E-state index is -0.0837. The number of rotatable bonds is 5. The number of aromatic nitrogens is 3. The van der Waals surface area contributed by atoms with Gasteiger partial charge < -0.3 is 0 Å². The SMILES string of the molecule is CCCc1nnsc1C(NN)c1ccc(C)nc1. The number of hydrazine groups is 1. The van der Waals surface area contributed by atoms with Gasteiger partial charge in [-0.3, -0.25) is 10.8 Å². The van der Waals surface area contributed by atoms with Crippen LogP contribution in [0.5, 0.6) is 0 Å². The maximum Gasteiger partial charge on any atom is 0.0852 e. The Balaban J connectivity index is 2.32. The molecule has 1 atom stereocenters. The number of nitrogens with two attached hydrogens (primary N) is 1. The highest BCUT2D eigenvalue weighted by molar-refractivity contribution is 7.05. The molecular weight excluding hydrogens is 246 g/mol. The van der Waals surface area contributed by atoms with Crippen LogP contribution in [0.3, 0.4) is 0 Å². The fourth-order valence-corrected chi connectivity index (χ4v) is 2.60. The van der Waals surface area contributed by atoms with Crippen molar-refractivity contribution in [1.29, 1.82) is 0 Å². The lowest BCUT2D eigenvalue weighted by molar-refractivity contribution is 0.634. The summed E-state index contributed by atoms with van der Waals surface area (Å²) in [6.45, 7) is 4.09. The summed E-state index contributed by atoms with van der Waals surface area (Å²) in [7, 11) is 0. The van der Waals surface area contributed by atoms with Crippen molar-refractivity contribution in [2.24, 2.45) is 5.84 Å². The molecule has 0 aliphatic rings. The molecule has 0 fully saturated rings. The minimum Gasteiger partial charge on any atom is -0.271 e. The third kappa shape index (κ3) is 2.72. The van der Waals surface area contributed by atoms with Crippen LogP contribution in [0.25, 0.3) is 0 Å². The van der Waals surface area contributed by atoms with E-state index in [1.165, 1.54) is 11.5 Å². The number of nitrogens with zero attached hydrogens (tertiary/aromatic N) is 3. The third-order valence-electron chi connectivity index (χ3n) is 2.77. The van der Waals surface area contributed by atoms with Crippen LogP contribution < -0.4 is 11.3 Å². The molecule has 2 aromatic rings. The first-order chi connectivity index (χ1) is 8.76. The molecule has 96 valence electrons. The van der Waals surface area contributed by atoms with Gasteiger partial charge in [-0.25, -0.2) is 5.43 Å². The summed E-state index contributed by atoms with van der Waals surface area (Å²) in [5.41, 5.74) is 5.87. The third-order valence-corrected chi connectivity index (χ3v) is 3.60. The van der Waals surface area contributed by atoms with Crippen molar-refractivity contribution in [1.82, 2.24) is 20.0 Å². The number of nitrogens with one attached hydrogen (secondary N) is 1. The van der Waals surface area contributed by atoms with E-state index in [0.717, 1.165) is 34.7 Å². The molecule has 3 N–H and O–H groups in total. The Morgan fingerprint density at radius 1 is 1.44 bits per heavy atom. The molecule has 0 radical (unpaired) electrons. The molecule has 0 aliphatic carbocycles. The Hall–Kier alpha value is -1.37. The Bertz CT molecular complexity index is 493. The van der Waals surface area contributed by atoms with Gasteiger partial charge in [-0.15, -0.1) is 5.10 Å². The van der Waals surface area contributed by atoms with Gasteiger partial charge in [0.25, 0.3) is 0 Å². The average Bonchev–Trinajstić information content (AvgIpc) is 2.82. The first-order valence-corrected chi connectivity index (χ1v) is 6.73. The van der Waals surface area contributed by atoms with E-state index < -0.39 is 0 Å². The van der Waals surface area contributed by atoms with E-state index in [2.05, 4.69) is 26.9 Å². The predicted molar refractivity (Wildman–Crippen MR) is 72.0 cm³/mol. The van der Waals surface area contributed by atoms with Crippen molar-refractivity contribution in [3.05, 3.63) is 40.2 Å². The lowest BCUT2D eigenvalue weighted by Crippen LogP contribution is -2.29. The van der Waals surface area contributed by atoms with Crippen LogP contribution in [0.1, 0.15) is 41.2 Å². The van der Waals surface area contributed by atoms with Gasteiger partial charge in [0.1, 0.15) is 0 Å². The predicted octanol–water partition coefficient (Wildman–Crippen LogP) is 1.75. The van der Waals surface area contributed by atoms with Crippen molar-refractivity contribution < 1.29 is 0 Å². The molecule has 18 heavy (non-hydrogen) atoms. The van der Waals surface area contributed by atoms with Crippen LogP contribution in [-0.4, -0.2) is 14.6 Å². The maximum absolute atomic E-state index is 5.67. The summed E-state index contributed by atoms with van der Waals surface area (Å²) in [6.07, 6.45) is 3.81. The Labute approximate surface area is 111 Å². The molecule has 5 nitrogen and oxygen atoms in total. The zero-order chi connectivity index (χ0) is 13.0. The molecule has 0 aliphatic heterocycles. The smallest absolute Gasteiger partial charge is 0.0852 e. The van der Waals surface area contributed by atoms with Crippen LogP contribution >= 0.6 is 11.5 Å². The molecule has 0 saturated carbocycles. The highest BCUT2D eigenvalue weighted by Gasteiger charge is 2.19. The van der Waals surface area contributed by atoms with Gasteiger partial charge >= 0.3 is 0 Å². The highest BCUT2D eigenvalue weighted by atomic mass is 32.1. The minimum absolute atomic E-state index is 0.0837. The van der Waals surface area contributed by atoms with E-state index in [-0.39, 0.29) is 6.04 Å². The van der Waals surface area contributed by atoms with Crippen molar-refractivity contribution in [3.63, 3.8) is 0 Å². The molecule has 0 saturated heterocycles. The monoisotopic (exact) mass is 263 g/mol. The average molecular weight is 263 g/mol. The molecule has 0 spiro atoms. The van der Waals surface area contributed by atoms with Crippen molar-refractivity contribution in [3.8, 4) is 0 Å². The Kier molecular flexibility index (Phi) is 4.35. The molecule has 1 unspecified atom stereocenters. The van der Waals surface area contributed by atoms with Gasteiger partial charge in [0.2, 0.25) is 0 Å². The van der Waals surface area contributed by atoms with E-state index in [9.17, 15) is 0 Å². The summed E-state index contributed by atoms with van der Waals surface area (Å²) in [5, 5.41) is 4.17. The van der Waals surface area contributed by atoms with Crippen LogP contribution in [0.4, 0.5) is 0 Å². The molecule has 0 amide bonds. The quantitative estimate of drug-likeness (QED) is 0.635. The summed E-state index contributed by atoms with van der Waals surface area (Å²) in [5.74, 6) is 5.67. The van der Waals surface area contributed by atoms with Crippen LogP contribution in [0.2, 0.25) is 0 Å². The summed E-state index contributed by atoms with van der Waals surface area (Å²) >= 11 is 1.39. The van der Waals surface area contributed by atoms with Crippen molar-refractivity contribution in [2.75, 3.05) is 0 Å². The maximum atomic E-state index is 5.67. The van der Waals surface area contributed by atoms with E-state index >= 15 is 0 Å². The van der Waals surface area contributed by atoms with E-state index in [1.807, 2.05) is 25.3 Å². The van der Waals surface area contributed by atoms with Gasteiger partial charge in [-0.05, 0) is 36.5 Å². The number of hydrogen-bond donors (Lipinski definition) is 2. The Morgan fingerprint density at radius 2 is 2.28 bits per heavy atom. The Morgan fingerprint density at radius 3 is 2.89 bits per heavy atom. The van der Waals surface area contributed by atoms with E-state index in [0.29, 0.717) is 0 Å². The second kappa shape index (κ2) is 5.99. The fourth-order valence-electron chi connectivity index (χ4n) is 1.82. The lowest BCUT2D eigenvalue weighted by Gasteiger charge is -2.15. The van der Waals surface area contributed by atoms with E-state index in [4.69, 9.17) is 5.84 Å². The second-order valence-electron chi connectivity index (χ2n) is 4.17. The number of pyridine rings is 1. The molecule has 2 rings (SSSR count). The first kappa shape index (κ1) is 13.1. The fraction of sp³-hybridized carbons (Fsp3) is 0.417. The highest BCUT2D eigenvalue weighted by Crippen LogP contribution is 2.26. The number of aryl methyl sites for hydroxylation is 2. The van der Waals surface area contributed by atoms with Crippen LogP contribution in [0.15, 0.2) is 18.3 Å². The van der Waals surface area contributed by atoms with Crippen molar-refractivity contribution in [2.45, 2.75) is 32.7 Å². The molecule has 2 heterocycles. The molecule has 0 aromatic carbocycles. The van der Waals surface area contributed by atoms with Gasteiger partial charge in [-0.1, -0.05) is 23.9 Å². The normalized spacial score (nSPS) is 12.6. The van der Waals surface area contributed by atoms with Crippen LogP contribution in [-0.2, 0) is 6.42 Å². The topological polar surface area (TPSA) is 76.7 Å². The largest absolute Gasteiger partial charge is 0.271 e. The van der Waals surface area contributed by atoms with Crippen LogP contribution in [0, 0.1) is 6.92 Å². The zero-order valence-corrected chi connectivity index (χ0v) is 11.4. The van der Waals surface area contributed by atoms with Gasteiger partial charge in [-0.2, -0.15) is 0 Å². The van der Waals surface area contributed by atoms with Crippen molar-refractivity contribution >= 4 is 11.5 Å².